The van der Waals surface area contributed by atoms with Gasteiger partial charge in [-0.1, -0.05) is 0 Å². The highest BCUT2D eigenvalue weighted by Crippen LogP contribution is 2.32. The summed E-state index contributed by atoms with van der Waals surface area (Å²) in [5.74, 6) is 1.66. The molecule has 0 unspecified atom stereocenters. The van der Waals surface area contributed by atoms with Crippen molar-refractivity contribution >= 4 is 17.4 Å². The zero-order valence-corrected chi connectivity index (χ0v) is 12.4. The van der Waals surface area contributed by atoms with Gasteiger partial charge in [-0.25, -0.2) is 4.98 Å². The second-order valence-corrected chi connectivity index (χ2v) is 4.96. The minimum atomic E-state index is -0.244. The van der Waals surface area contributed by atoms with E-state index >= 15 is 0 Å². The maximum atomic E-state index is 12.2. The fraction of sp³-hybridized carbons (Fsp3) is 0.250. The number of aliphatic hydroxyl groups is 1. The van der Waals surface area contributed by atoms with E-state index in [1.165, 1.54) is 0 Å². The molecule has 0 atom stereocenters. The van der Waals surface area contributed by atoms with E-state index in [1.807, 2.05) is 0 Å². The highest BCUT2D eigenvalue weighted by molar-refractivity contribution is 6.04. The maximum Gasteiger partial charge on any atom is 0.255 e. The van der Waals surface area contributed by atoms with Gasteiger partial charge in [-0.3, -0.25) is 4.79 Å². The Morgan fingerprint density at radius 2 is 2.09 bits per heavy atom. The van der Waals surface area contributed by atoms with Crippen molar-refractivity contribution in [2.75, 3.05) is 30.6 Å². The van der Waals surface area contributed by atoms with Crippen molar-refractivity contribution in [2.45, 2.75) is 6.42 Å². The van der Waals surface area contributed by atoms with Crippen molar-refractivity contribution in [2.24, 2.45) is 0 Å². The molecular formula is C16H17N3O4. The number of benzene rings is 1. The van der Waals surface area contributed by atoms with Gasteiger partial charge in [-0.05, 0) is 36.8 Å². The molecular weight excluding hydrogens is 298 g/mol. The topological polar surface area (TPSA) is 92.7 Å². The summed E-state index contributed by atoms with van der Waals surface area (Å²) in [5, 5.41) is 14.6. The number of aromatic nitrogens is 1. The predicted octanol–water partition coefficient (Wildman–Crippen LogP) is 1.86. The summed E-state index contributed by atoms with van der Waals surface area (Å²) in [6.07, 6.45) is 2.23. The summed E-state index contributed by atoms with van der Waals surface area (Å²) in [6, 6.07) is 8.58. The van der Waals surface area contributed by atoms with E-state index in [2.05, 4.69) is 15.6 Å². The number of nitrogens with one attached hydrogen (secondary N) is 2. The van der Waals surface area contributed by atoms with Gasteiger partial charge >= 0.3 is 0 Å². The van der Waals surface area contributed by atoms with Crippen LogP contribution in [0.1, 0.15) is 16.8 Å². The lowest BCUT2D eigenvalue weighted by Crippen LogP contribution is -2.12. The summed E-state index contributed by atoms with van der Waals surface area (Å²) < 4.78 is 10.5. The van der Waals surface area contributed by atoms with Gasteiger partial charge in [0, 0.05) is 18.7 Å². The Labute approximate surface area is 133 Å². The van der Waals surface area contributed by atoms with Gasteiger partial charge in [0.2, 0.25) is 6.79 Å². The lowest BCUT2D eigenvalue weighted by Gasteiger charge is -2.08. The fourth-order valence-corrected chi connectivity index (χ4v) is 2.11. The molecule has 0 saturated carbocycles. The summed E-state index contributed by atoms with van der Waals surface area (Å²) in [5.41, 5.74) is 1.08. The Balaban J connectivity index is 1.61. The first-order chi connectivity index (χ1) is 11.3. The highest BCUT2D eigenvalue weighted by atomic mass is 16.7. The first kappa shape index (κ1) is 15.1. The average Bonchev–Trinajstić information content (AvgIpc) is 3.04. The van der Waals surface area contributed by atoms with Gasteiger partial charge in [-0.15, -0.1) is 0 Å². The Morgan fingerprint density at radius 1 is 1.22 bits per heavy atom. The van der Waals surface area contributed by atoms with E-state index in [4.69, 9.17) is 14.6 Å². The average molecular weight is 315 g/mol. The number of aliphatic hydroxyl groups excluding tert-OH is 1. The molecule has 7 nitrogen and oxygen atoms in total. The molecule has 3 rings (SSSR count). The van der Waals surface area contributed by atoms with E-state index in [1.54, 1.807) is 36.5 Å². The Morgan fingerprint density at radius 3 is 2.87 bits per heavy atom. The normalized spacial score (nSPS) is 12.0. The molecule has 0 fully saturated rings. The SMILES string of the molecule is O=C(Nc1ccc(NCCCO)nc1)c1ccc2c(c1)OCO2. The molecule has 23 heavy (non-hydrogen) atoms. The van der Waals surface area contributed by atoms with Gasteiger partial charge in [0.1, 0.15) is 5.82 Å². The molecule has 0 bridgehead atoms. The lowest BCUT2D eigenvalue weighted by atomic mass is 10.2. The van der Waals surface area contributed by atoms with Crippen LogP contribution >= 0.6 is 0 Å². The van der Waals surface area contributed by atoms with Crippen LogP contribution in [0.25, 0.3) is 0 Å². The summed E-state index contributed by atoms with van der Waals surface area (Å²) in [7, 11) is 0. The fourth-order valence-electron chi connectivity index (χ4n) is 2.11. The molecule has 120 valence electrons. The molecule has 7 heteroatoms. The molecule has 1 aromatic heterocycles. The van der Waals surface area contributed by atoms with Crippen molar-refractivity contribution < 1.29 is 19.4 Å². The number of amides is 1. The Kier molecular flexibility index (Phi) is 4.58. The first-order valence-corrected chi connectivity index (χ1v) is 7.28. The lowest BCUT2D eigenvalue weighted by molar-refractivity contribution is 0.102. The third-order valence-electron chi connectivity index (χ3n) is 3.30. The van der Waals surface area contributed by atoms with Gasteiger partial charge in [0.15, 0.2) is 11.5 Å². The van der Waals surface area contributed by atoms with Crippen LogP contribution in [0, 0.1) is 0 Å². The van der Waals surface area contributed by atoms with E-state index in [0.29, 0.717) is 41.5 Å². The second kappa shape index (κ2) is 6.97. The minimum Gasteiger partial charge on any atom is -0.454 e. The van der Waals surface area contributed by atoms with Crippen LogP contribution in [0.5, 0.6) is 11.5 Å². The van der Waals surface area contributed by atoms with Crippen LogP contribution in [-0.4, -0.2) is 35.9 Å². The van der Waals surface area contributed by atoms with Gasteiger partial charge in [0.25, 0.3) is 5.91 Å². The number of anilines is 2. The molecule has 0 saturated heterocycles. The third kappa shape index (κ3) is 3.70. The minimum absolute atomic E-state index is 0.136. The number of rotatable bonds is 6. The predicted molar refractivity (Wildman–Crippen MR) is 84.9 cm³/mol. The molecule has 2 heterocycles. The Bertz CT molecular complexity index is 688. The molecule has 2 aromatic rings. The van der Waals surface area contributed by atoms with Gasteiger partial charge in [-0.2, -0.15) is 0 Å². The number of fused-ring (bicyclic) bond motifs is 1. The van der Waals surface area contributed by atoms with Crippen LogP contribution in [0.15, 0.2) is 36.5 Å². The number of ether oxygens (including phenoxy) is 2. The molecule has 1 aliphatic heterocycles. The number of hydrogen-bond acceptors (Lipinski definition) is 6. The van der Waals surface area contributed by atoms with E-state index in [-0.39, 0.29) is 19.3 Å². The van der Waals surface area contributed by atoms with Crippen molar-refractivity contribution in [1.29, 1.82) is 0 Å². The number of hydrogen-bond donors (Lipinski definition) is 3. The van der Waals surface area contributed by atoms with E-state index < -0.39 is 0 Å². The summed E-state index contributed by atoms with van der Waals surface area (Å²) >= 11 is 0. The number of carbonyl (C=O) groups is 1. The van der Waals surface area contributed by atoms with Crippen molar-refractivity contribution in [3.8, 4) is 11.5 Å². The van der Waals surface area contributed by atoms with Crippen LogP contribution in [0.4, 0.5) is 11.5 Å². The number of nitrogens with zero attached hydrogens (tertiary/aromatic N) is 1. The van der Waals surface area contributed by atoms with Crippen LogP contribution in [0.3, 0.4) is 0 Å². The standard InChI is InChI=1S/C16H17N3O4/c20-7-1-6-17-15-5-3-12(9-18-15)19-16(21)11-2-4-13-14(8-11)23-10-22-13/h2-5,8-9,20H,1,6-7,10H2,(H,17,18)(H,19,21). The van der Waals surface area contributed by atoms with Crippen LogP contribution < -0.4 is 20.1 Å². The van der Waals surface area contributed by atoms with Gasteiger partial charge in [0.05, 0.1) is 11.9 Å². The number of carbonyl (C=O) groups excluding carboxylic acids is 1. The zero-order valence-electron chi connectivity index (χ0n) is 12.4. The Hall–Kier alpha value is -2.80. The largest absolute Gasteiger partial charge is 0.454 e. The van der Waals surface area contributed by atoms with Crippen LogP contribution in [0.2, 0.25) is 0 Å². The summed E-state index contributed by atoms with van der Waals surface area (Å²) in [4.78, 5) is 16.4. The number of pyridine rings is 1. The monoisotopic (exact) mass is 315 g/mol. The molecule has 1 aliphatic rings. The van der Waals surface area contributed by atoms with Crippen molar-refractivity contribution in [1.82, 2.24) is 4.98 Å². The third-order valence-corrected chi connectivity index (χ3v) is 3.30. The first-order valence-electron chi connectivity index (χ1n) is 7.28. The maximum absolute atomic E-state index is 12.2. The molecule has 0 radical (unpaired) electrons. The molecule has 1 aromatic carbocycles. The van der Waals surface area contributed by atoms with E-state index in [0.717, 1.165) is 0 Å². The van der Waals surface area contributed by atoms with Gasteiger partial charge < -0.3 is 25.2 Å². The molecule has 1 amide bonds. The van der Waals surface area contributed by atoms with Crippen molar-refractivity contribution in [3.05, 3.63) is 42.1 Å². The summed E-state index contributed by atoms with van der Waals surface area (Å²) in [6.45, 7) is 0.956. The van der Waals surface area contributed by atoms with E-state index in [9.17, 15) is 4.79 Å². The zero-order chi connectivity index (χ0) is 16.1. The molecule has 0 aliphatic carbocycles. The second-order valence-electron chi connectivity index (χ2n) is 4.96. The highest BCUT2D eigenvalue weighted by Gasteiger charge is 2.16. The quantitative estimate of drug-likeness (QED) is 0.705. The smallest absolute Gasteiger partial charge is 0.255 e. The van der Waals surface area contributed by atoms with Crippen molar-refractivity contribution in [3.63, 3.8) is 0 Å². The molecule has 0 spiro atoms. The van der Waals surface area contributed by atoms with Crippen LogP contribution in [-0.2, 0) is 0 Å². The molecule has 3 N–H and O–H groups in total.